The van der Waals surface area contributed by atoms with Crippen LogP contribution in [-0.4, -0.2) is 85.4 Å². The molecule has 0 aromatic carbocycles. The third-order valence-electron chi connectivity index (χ3n) is 16.2. The fourth-order valence-corrected chi connectivity index (χ4v) is 13.8. The maximum absolute atomic E-state index is 13.0. The van der Waals surface area contributed by atoms with Crippen molar-refractivity contribution in [3.8, 4) is 0 Å². The Kier molecular flexibility index (Phi) is 8.09. The molecule has 5 saturated carbocycles. The highest BCUT2D eigenvalue weighted by molar-refractivity contribution is 5.68. The highest BCUT2D eigenvalue weighted by Gasteiger charge is 2.84. The summed E-state index contributed by atoms with van der Waals surface area (Å²) in [4.78, 5) is 27.6. The SMILES string of the molecule is CCN1CC(NC(=O)OC2CC[C@]34C[C@]35CC[C@]3(C)[C@@H]6C(OC([C@H](OC(=O)NC)C(C)C)C[C@H]6C)[C@H](O)[C@@]3(C)C5CC[C@H]4C2(C)C)C1. The van der Waals surface area contributed by atoms with Gasteiger partial charge in [0, 0.05) is 31.0 Å². The number of rotatable bonds is 6. The van der Waals surface area contributed by atoms with Crippen molar-refractivity contribution in [1.82, 2.24) is 15.5 Å². The molecule has 2 amide bonds. The Morgan fingerprint density at radius 1 is 1.00 bits per heavy atom. The summed E-state index contributed by atoms with van der Waals surface area (Å²) in [5, 5.41) is 18.3. The van der Waals surface area contributed by atoms with Gasteiger partial charge in [0.2, 0.25) is 0 Å². The number of nitrogens with one attached hydrogen (secondary N) is 2. The number of carbonyl (C=O) groups is 2. The number of alkyl carbamates (subject to hydrolysis) is 2. The van der Waals surface area contributed by atoms with Crippen LogP contribution < -0.4 is 10.6 Å². The Hall–Kier alpha value is -1.58. The number of aliphatic hydroxyl groups is 1. The highest BCUT2D eigenvalue weighted by Crippen LogP contribution is 2.89. The lowest BCUT2D eigenvalue weighted by Crippen LogP contribution is -2.61. The quantitative estimate of drug-likeness (QED) is 0.323. The number of amides is 2. The van der Waals surface area contributed by atoms with Gasteiger partial charge in [-0.05, 0) is 104 Å². The average molecular weight is 658 g/mol. The second-order valence-electron chi connectivity index (χ2n) is 18.5. The van der Waals surface area contributed by atoms with Gasteiger partial charge < -0.3 is 30.0 Å². The fraction of sp³-hybridized carbons (Fsp3) is 0.947. The first-order valence-corrected chi connectivity index (χ1v) is 19.0. The number of fused-ring (bicyclic) bond motifs is 4. The third-order valence-corrected chi connectivity index (χ3v) is 16.2. The molecule has 2 aliphatic heterocycles. The molecule has 2 spiro atoms. The summed E-state index contributed by atoms with van der Waals surface area (Å²) in [6.07, 6.45) is 6.54. The van der Waals surface area contributed by atoms with E-state index in [1.54, 1.807) is 7.05 Å². The first-order chi connectivity index (χ1) is 22.1. The van der Waals surface area contributed by atoms with Crippen LogP contribution in [0.25, 0.3) is 0 Å². The van der Waals surface area contributed by atoms with Crippen molar-refractivity contribution in [2.75, 3.05) is 26.7 Å². The maximum Gasteiger partial charge on any atom is 0.407 e. The Labute approximate surface area is 283 Å². The predicted octanol–water partition coefficient (Wildman–Crippen LogP) is 5.98. The van der Waals surface area contributed by atoms with Gasteiger partial charge in [-0.3, -0.25) is 4.90 Å². The molecule has 7 fully saturated rings. The lowest BCUT2D eigenvalue weighted by atomic mass is 9.41. The summed E-state index contributed by atoms with van der Waals surface area (Å²) < 4.78 is 19.0. The molecule has 4 unspecified atom stereocenters. The maximum atomic E-state index is 13.0. The van der Waals surface area contributed by atoms with Crippen molar-refractivity contribution in [2.45, 2.75) is 143 Å². The molecular weight excluding hydrogens is 594 g/mol. The molecule has 9 heteroatoms. The average Bonchev–Trinajstić information content (AvgIpc) is 3.63. The largest absolute Gasteiger partial charge is 0.446 e. The van der Waals surface area contributed by atoms with E-state index >= 15 is 0 Å². The third kappa shape index (κ3) is 4.56. The molecule has 7 aliphatic rings. The minimum atomic E-state index is -0.557. The summed E-state index contributed by atoms with van der Waals surface area (Å²) in [5.41, 5.74) is 0.141. The zero-order valence-corrected chi connectivity index (χ0v) is 30.6. The predicted molar refractivity (Wildman–Crippen MR) is 180 cm³/mol. The fourth-order valence-electron chi connectivity index (χ4n) is 13.8. The van der Waals surface area contributed by atoms with E-state index in [2.05, 4.69) is 70.9 Å². The lowest BCUT2D eigenvalue weighted by Gasteiger charge is -2.63. The first-order valence-electron chi connectivity index (χ1n) is 19.0. The van der Waals surface area contributed by atoms with E-state index in [0.29, 0.717) is 17.8 Å². The number of nitrogens with zero attached hydrogens (tertiary/aromatic N) is 1. The van der Waals surface area contributed by atoms with Crippen LogP contribution >= 0.6 is 0 Å². The van der Waals surface area contributed by atoms with Crippen LogP contribution in [0.5, 0.6) is 0 Å². The van der Waals surface area contributed by atoms with E-state index in [1.807, 2.05) is 0 Å². The number of likely N-dealkylation sites (tertiary alicyclic amines) is 1. The highest BCUT2D eigenvalue weighted by atomic mass is 16.6. The van der Waals surface area contributed by atoms with E-state index in [9.17, 15) is 14.7 Å². The first kappa shape index (κ1) is 33.9. The molecule has 2 saturated heterocycles. The number of aliphatic hydroxyl groups excluding tert-OH is 1. The van der Waals surface area contributed by atoms with Crippen LogP contribution in [0.2, 0.25) is 0 Å². The Bertz CT molecular complexity index is 1250. The topological polar surface area (TPSA) is 109 Å². The van der Waals surface area contributed by atoms with Crippen LogP contribution in [-0.2, 0) is 14.2 Å². The van der Waals surface area contributed by atoms with Gasteiger partial charge in [0.1, 0.15) is 12.2 Å². The molecule has 0 radical (unpaired) electrons. The summed E-state index contributed by atoms with van der Waals surface area (Å²) >= 11 is 0. The summed E-state index contributed by atoms with van der Waals surface area (Å²) in [6.45, 7) is 21.1. The normalized spacial score (nSPS) is 48.8. The molecule has 0 bridgehead atoms. The van der Waals surface area contributed by atoms with Gasteiger partial charge in [0.25, 0.3) is 0 Å². The summed E-state index contributed by atoms with van der Waals surface area (Å²) in [5.74, 6) is 1.70. The molecule has 13 atom stereocenters. The van der Waals surface area contributed by atoms with Crippen molar-refractivity contribution in [1.29, 1.82) is 0 Å². The zero-order valence-electron chi connectivity index (χ0n) is 30.6. The Morgan fingerprint density at radius 2 is 1.68 bits per heavy atom. The van der Waals surface area contributed by atoms with Crippen molar-refractivity contribution < 1.29 is 28.9 Å². The molecule has 3 N–H and O–H groups in total. The minimum Gasteiger partial charge on any atom is -0.446 e. The number of ether oxygens (including phenoxy) is 3. The lowest BCUT2D eigenvalue weighted by molar-refractivity contribution is -0.184. The van der Waals surface area contributed by atoms with E-state index in [-0.39, 0.29) is 75.5 Å². The Morgan fingerprint density at radius 3 is 2.34 bits per heavy atom. The van der Waals surface area contributed by atoms with Gasteiger partial charge in [-0.15, -0.1) is 0 Å². The molecule has 9 nitrogen and oxygen atoms in total. The van der Waals surface area contributed by atoms with Crippen LogP contribution in [0, 0.1) is 56.7 Å². The van der Waals surface area contributed by atoms with Gasteiger partial charge >= 0.3 is 12.2 Å². The zero-order chi connectivity index (χ0) is 33.9. The molecule has 0 aromatic rings. The van der Waals surface area contributed by atoms with E-state index in [1.165, 1.54) is 12.8 Å². The van der Waals surface area contributed by atoms with Gasteiger partial charge in [0.05, 0.1) is 24.4 Å². The van der Waals surface area contributed by atoms with Gasteiger partial charge in [0.15, 0.2) is 0 Å². The monoisotopic (exact) mass is 657 g/mol. The van der Waals surface area contributed by atoms with Gasteiger partial charge in [-0.25, -0.2) is 9.59 Å². The summed E-state index contributed by atoms with van der Waals surface area (Å²) in [6, 6.07) is 0.197. The minimum absolute atomic E-state index is 0.0220. The molecule has 5 aliphatic carbocycles. The number of hydrogen-bond acceptors (Lipinski definition) is 7. The van der Waals surface area contributed by atoms with E-state index < -0.39 is 12.2 Å². The van der Waals surface area contributed by atoms with Crippen LogP contribution in [0.15, 0.2) is 0 Å². The van der Waals surface area contributed by atoms with E-state index in [0.717, 1.165) is 58.2 Å². The van der Waals surface area contributed by atoms with Crippen LogP contribution in [0.4, 0.5) is 9.59 Å². The van der Waals surface area contributed by atoms with Crippen LogP contribution in [0.1, 0.15) is 107 Å². The van der Waals surface area contributed by atoms with Gasteiger partial charge in [-0.1, -0.05) is 55.4 Å². The van der Waals surface area contributed by atoms with Crippen molar-refractivity contribution >= 4 is 12.2 Å². The molecule has 7 rings (SSSR count). The molecule has 266 valence electrons. The number of likely N-dealkylation sites (N-methyl/N-ethyl adjacent to an activating group) is 1. The van der Waals surface area contributed by atoms with E-state index in [4.69, 9.17) is 14.2 Å². The van der Waals surface area contributed by atoms with Crippen molar-refractivity contribution in [2.24, 2.45) is 56.7 Å². The van der Waals surface area contributed by atoms with Crippen LogP contribution in [0.3, 0.4) is 0 Å². The van der Waals surface area contributed by atoms with Crippen molar-refractivity contribution in [3.63, 3.8) is 0 Å². The second-order valence-corrected chi connectivity index (χ2v) is 18.5. The molecular formula is C38H63N3O6. The summed E-state index contributed by atoms with van der Waals surface area (Å²) in [7, 11) is 1.59. The molecule has 47 heavy (non-hydrogen) atoms. The Balaban J connectivity index is 1.10. The smallest absolute Gasteiger partial charge is 0.407 e. The van der Waals surface area contributed by atoms with Gasteiger partial charge in [-0.2, -0.15) is 0 Å². The molecule has 2 heterocycles. The molecule has 0 aromatic heterocycles. The number of carbonyl (C=O) groups excluding carboxylic acids is 2. The number of hydrogen-bond donors (Lipinski definition) is 3. The standard InChI is InChI=1S/C38H63N3O6/c1-10-41-18-23(19-41)40-33(44)46-27-13-14-37-20-38(37)16-15-35(7)28-22(4)17-24(29(21(2)3)47-32(43)39-9)45-30(28)31(42)36(35,8)26(38)12-11-25(37)34(27,5)6/h21-31,42H,10-20H2,1-9H3,(H,39,43)(H,40,44)/t22-,24?,25+,26?,27?,28+,29-,30?,31+,35-,36-,37-,38+/m1/s1. The van der Waals surface area contributed by atoms with Crippen molar-refractivity contribution in [3.05, 3.63) is 0 Å². The second kappa shape index (κ2) is 11.2.